The van der Waals surface area contributed by atoms with Gasteiger partial charge in [-0.15, -0.1) is 0 Å². The van der Waals surface area contributed by atoms with Gasteiger partial charge < -0.3 is 20.9 Å². The van der Waals surface area contributed by atoms with E-state index in [0.29, 0.717) is 11.5 Å². The molecule has 1 amide bonds. The number of anilines is 4. The molecule has 2 aromatic heterocycles. The Labute approximate surface area is 185 Å². The number of benzene rings is 1. The van der Waals surface area contributed by atoms with Crippen molar-refractivity contribution in [2.24, 2.45) is 7.05 Å². The third kappa shape index (κ3) is 5.31. The van der Waals surface area contributed by atoms with Crippen LogP contribution in [0.2, 0.25) is 5.02 Å². The second kappa shape index (κ2) is 9.76. The van der Waals surface area contributed by atoms with Gasteiger partial charge in [-0.05, 0) is 25.7 Å². The molecule has 0 bridgehead atoms. The van der Waals surface area contributed by atoms with Gasteiger partial charge in [0, 0.05) is 32.8 Å². The Kier molecular flexibility index (Phi) is 7.09. The first-order valence-corrected chi connectivity index (χ1v) is 10.1. The van der Waals surface area contributed by atoms with Crippen molar-refractivity contribution in [3.63, 3.8) is 0 Å². The van der Waals surface area contributed by atoms with Crippen molar-refractivity contribution < 1.29 is 9.18 Å². The van der Waals surface area contributed by atoms with Crippen molar-refractivity contribution in [2.45, 2.75) is 13.5 Å². The molecule has 1 aromatic carbocycles. The van der Waals surface area contributed by atoms with Gasteiger partial charge in [0.1, 0.15) is 17.5 Å². The average Bonchev–Trinajstić information content (AvgIpc) is 3.09. The number of carbonyl (C=O) groups is 1. The van der Waals surface area contributed by atoms with E-state index < -0.39 is 11.7 Å². The molecule has 8 nitrogen and oxygen atoms in total. The number of rotatable bonds is 8. The molecule has 0 saturated carbocycles. The Morgan fingerprint density at radius 2 is 2.06 bits per heavy atom. The predicted molar refractivity (Wildman–Crippen MR) is 121 cm³/mol. The number of hydrogen-bond donors (Lipinski definition) is 3. The summed E-state index contributed by atoms with van der Waals surface area (Å²) in [5.74, 6) is 0.255. The lowest BCUT2D eigenvalue weighted by atomic mass is 10.1. The number of hydrogen-bond acceptors (Lipinski definition) is 6. The van der Waals surface area contributed by atoms with Gasteiger partial charge in [0.2, 0.25) is 0 Å². The molecule has 10 heteroatoms. The van der Waals surface area contributed by atoms with Crippen molar-refractivity contribution in [3.8, 4) is 0 Å². The first kappa shape index (κ1) is 22.5. The number of carbonyl (C=O) groups excluding carboxylic acids is 1. The summed E-state index contributed by atoms with van der Waals surface area (Å²) in [4.78, 5) is 18.6. The summed E-state index contributed by atoms with van der Waals surface area (Å²) in [6.07, 6.45) is 1.45. The van der Waals surface area contributed by atoms with E-state index in [4.69, 9.17) is 11.6 Å². The van der Waals surface area contributed by atoms with Crippen molar-refractivity contribution in [1.82, 2.24) is 25.0 Å². The summed E-state index contributed by atoms with van der Waals surface area (Å²) in [7, 11) is 5.34. The van der Waals surface area contributed by atoms with Crippen molar-refractivity contribution >= 4 is 40.5 Å². The van der Waals surface area contributed by atoms with Crippen molar-refractivity contribution in [1.29, 1.82) is 0 Å². The third-order valence-corrected chi connectivity index (χ3v) is 5.06. The van der Waals surface area contributed by atoms with E-state index in [2.05, 4.69) is 37.9 Å². The van der Waals surface area contributed by atoms with Crippen LogP contribution in [0.15, 0.2) is 36.5 Å². The lowest BCUT2D eigenvalue weighted by Crippen LogP contribution is -2.19. The number of pyridine rings is 1. The molecular formula is C21H25ClFN7O. The Hall–Kier alpha value is -3.17. The van der Waals surface area contributed by atoms with E-state index in [1.807, 2.05) is 20.2 Å². The number of amides is 1. The highest BCUT2D eigenvalue weighted by atomic mass is 35.5. The highest BCUT2D eigenvalue weighted by molar-refractivity contribution is 6.33. The summed E-state index contributed by atoms with van der Waals surface area (Å²) < 4.78 is 16.2. The predicted octanol–water partition coefficient (Wildman–Crippen LogP) is 3.91. The quantitative estimate of drug-likeness (QED) is 0.487. The molecule has 0 aliphatic heterocycles. The van der Waals surface area contributed by atoms with Crippen LogP contribution in [0.1, 0.15) is 23.0 Å². The molecule has 3 N–H and O–H groups in total. The Morgan fingerprint density at radius 1 is 1.29 bits per heavy atom. The van der Waals surface area contributed by atoms with Gasteiger partial charge >= 0.3 is 0 Å². The van der Waals surface area contributed by atoms with Gasteiger partial charge in [0.15, 0.2) is 0 Å². The monoisotopic (exact) mass is 445 g/mol. The number of nitrogens with zero attached hydrogens (tertiary/aromatic N) is 4. The smallest absolute Gasteiger partial charge is 0.253 e. The zero-order chi connectivity index (χ0) is 22.5. The van der Waals surface area contributed by atoms with E-state index in [1.165, 1.54) is 31.4 Å². The number of nitrogens with one attached hydrogen (secondary N) is 3. The lowest BCUT2D eigenvalue weighted by molar-refractivity contribution is 0.0963. The highest BCUT2D eigenvalue weighted by Crippen LogP contribution is 2.31. The first-order chi connectivity index (χ1) is 14.8. The molecule has 0 atom stereocenters. The SMILES string of the molecule is CCN(C)Cc1cc(Nc2cc(Nc3c(F)cccc3C(=O)NC)c(Cl)cn2)n(C)n1. The molecule has 164 valence electrons. The minimum absolute atomic E-state index is 0.0336. The van der Waals surface area contributed by atoms with E-state index in [1.54, 1.807) is 10.7 Å². The van der Waals surface area contributed by atoms with E-state index in [0.717, 1.165) is 24.6 Å². The van der Waals surface area contributed by atoms with Crippen LogP contribution in [-0.4, -0.2) is 46.2 Å². The largest absolute Gasteiger partial charge is 0.355 e. The summed E-state index contributed by atoms with van der Waals surface area (Å²) in [6.45, 7) is 3.73. The maximum Gasteiger partial charge on any atom is 0.253 e. The normalized spacial score (nSPS) is 10.9. The van der Waals surface area contributed by atoms with Gasteiger partial charge in [-0.2, -0.15) is 5.10 Å². The fraction of sp³-hybridized carbons (Fsp3) is 0.286. The number of halogens is 2. The summed E-state index contributed by atoms with van der Waals surface area (Å²) in [5, 5.41) is 13.4. The lowest BCUT2D eigenvalue weighted by Gasteiger charge is -2.14. The summed E-state index contributed by atoms with van der Waals surface area (Å²) in [6, 6.07) is 7.86. The molecule has 0 radical (unpaired) electrons. The second-order valence-corrected chi connectivity index (χ2v) is 7.42. The fourth-order valence-corrected chi connectivity index (χ4v) is 3.10. The molecular weight excluding hydrogens is 421 g/mol. The molecule has 2 heterocycles. The van der Waals surface area contributed by atoms with Crippen LogP contribution in [-0.2, 0) is 13.6 Å². The number of para-hydroxylation sites is 1. The molecule has 0 aliphatic carbocycles. The standard InChI is InChI=1S/C21H25ClFN7O/c1-5-29(3)12-13-9-19(30(4)28-13)27-18-10-17(15(22)11-25-18)26-20-14(21(31)24-2)7-6-8-16(20)23/h6-11H,5,12H2,1-4H3,(H,24,31)(H2,25,26,27). The van der Waals surface area contributed by atoms with E-state index >= 15 is 0 Å². The summed E-state index contributed by atoms with van der Waals surface area (Å²) in [5.41, 5.74) is 1.53. The molecule has 3 rings (SSSR count). The van der Waals surface area contributed by atoms with Gasteiger partial charge in [-0.1, -0.05) is 24.6 Å². The Balaban J connectivity index is 1.87. The van der Waals surface area contributed by atoms with Crippen LogP contribution in [0.3, 0.4) is 0 Å². The summed E-state index contributed by atoms with van der Waals surface area (Å²) >= 11 is 6.28. The minimum atomic E-state index is -0.570. The molecule has 0 saturated heterocycles. The van der Waals surface area contributed by atoms with Crippen molar-refractivity contribution in [3.05, 3.63) is 58.6 Å². The first-order valence-electron chi connectivity index (χ1n) is 9.74. The number of aromatic nitrogens is 3. The number of aryl methyl sites for hydroxylation is 1. The van der Waals surface area contributed by atoms with Gasteiger partial charge in [-0.3, -0.25) is 9.48 Å². The minimum Gasteiger partial charge on any atom is -0.355 e. The average molecular weight is 446 g/mol. The second-order valence-electron chi connectivity index (χ2n) is 7.02. The zero-order valence-electron chi connectivity index (χ0n) is 17.8. The van der Waals surface area contributed by atoms with Gasteiger partial charge in [-0.25, -0.2) is 9.37 Å². The van der Waals surface area contributed by atoms with Crippen LogP contribution in [0.25, 0.3) is 0 Å². The van der Waals surface area contributed by atoms with Crippen LogP contribution < -0.4 is 16.0 Å². The van der Waals surface area contributed by atoms with Crippen LogP contribution in [0.5, 0.6) is 0 Å². The molecule has 0 spiro atoms. The van der Waals surface area contributed by atoms with Gasteiger partial charge in [0.25, 0.3) is 5.91 Å². The van der Waals surface area contributed by atoms with E-state index in [-0.39, 0.29) is 16.3 Å². The van der Waals surface area contributed by atoms with Crippen molar-refractivity contribution in [2.75, 3.05) is 31.3 Å². The molecule has 0 unspecified atom stereocenters. The molecule has 0 fully saturated rings. The molecule has 3 aromatic rings. The fourth-order valence-electron chi connectivity index (χ4n) is 2.95. The highest BCUT2D eigenvalue weighted by Gasteiger charge is 2.16. The van der Waals surface area contributed by atoms with Crippen LogP contribution >= 0.6 is 11.6 Å². The molecule has 31 heavy (non-hydrogen) atoms. The zero-order valence-corrected chi connectivity index (χ0v) is 18.6. The third-order valence-electron chi connectivity index (χ3n) is 4.76. The van der Waals surface area contributed by atoms with Crippen LogP contribution in [0.4, 0.5) is 27.4 Å². The van der Waals surface area contributed by atoms with E-state index in [9.17, 15) is 9.18 Å². The maximum atomic E-state index is 14.5. The molecule has 0 aliphatic rings. The van der Waals surface area contributed by atoms with Gasteiger partial charge in [0.05, 0.1) is 33.9 Å². The van der Waals surface area contributed by atoms with Crippen LogP contribution in [0, 0.1) is 5.82 Å². The Morgan fingerprint density at radius 3 is 2.77 bits per heavy atom. The topological polar surface area (TPSA) is 87.1 Å². The Bertz CT molecular complexity index is 1090. The maximum absolute atomic E-state index is 14.5.